The van der Waals surface area contributed by atoms with Gasteiger partial charge in [-0.1, -0.05) is 35.7 Å². The Morgan fingerprint density at radius 1 is 1.13 bits per heavy atom. The fourth-order valence-corrected chi connectivity index (χ4v) is 3.49. The highest BCUT2D eigenvalue weighted by molar-refractivity contribution is 6.42. The van der Waals surface area contributed by atoms with Crippen molar-refractivity contribution in [1.29, 1.82) is 0 Å². The van der Waals surface area contributed by atoms with E-state index in [-0.39, 0.29) is 5.54 Å². The third-order valence-corrected chi connectivity index (χ3v) is 4.79. The summed E-state index contributed by atoms with van der Waals surface area (Å²) in [4.78, 5) is 0. The number of fused-ring (bicyclic) bond motifs is 1. The van der Waals surface area contributed by atoms with Crippen molar-refractivity contribution in [2.24, 2.45) is 17.6 Å². The molecule has 0 radical (unpaired) electrons. The molecule has 2 saturated carbocycles. The first-order chi connectivity index (χ1) is 7.14. The molecule has 2 atom stereocenters. The standard InChI is InChI=1S/C12H13Cl2N/c13-10-5-4-7(6-11(10)14)12(15)8-2-1-3-9(8)12/h4-6,8-9H,1-3,15H2. The minimum atomic E-state index is -0.105. The van der Waals surface area contributed by atoms with Gasteiger partial charge in [-0.05, 0) is 42.4 Å². The number of benzene rings is 1. The molecule has 15 heavy (non-hydrogen) atoms. The highest BCUT2D eigenvalue weighted by Crippen LogP contribution is 2.64. The molecular weight excluding hydrogens is 229 g/mol. The van der Waals surface area contributed by atoms with E-state index in [1.165, 1.54) is 19.3 Å². The van der Waals surface area contributed by atoms with Gasteiger partial charge in [-0.25, -0.2) is 0 Å². The molecule has 3 heteroatoms. The van der Waals surface area contributed by atoms with E-state index in [0.717, 1.165) is 5.56 Å². The second-order valence-electron chi connectivity index (χ2n) is 4.71. The Morgan fingerprint density at radius 3 is 2.40 bits per heavy atom. The molecule has 0 aliphatic heterocycles. The Kier molecular flexibility index (Phi) is 2.08. The predicted octanol–water partition coefficient (Wildman–Crippen LogP) is 3.58. The summed E-state index contributed by atoms with van der Waals surface area (Å²) < 4.78 is 0. The van der Waals surface area contributed by atoms with E-state index in [0.29, 0.717) is 21.9 Å². The van der Waals surface area contributed by atoms with Gasteiger partial charge in [0.25, 0.3) is 0 Å². The summed E-state index contributed by atoms with van der Waals surface area (Å²) in [5.41, 5.74) is 7.49. The molecule has 1 aromatic carbocycles. The fraction of sp³-hybridized carbons (Fsp3) is 0.500. The molecule has 80 valence electrons. The van der Waals surface area contributed by atoms with E-state index in [1.54, 1.807) is 0 Å². The maximum absolute atomic E-state index is 6.43. The van der Waals surface area contributed by atoms with Crippen LogP contribution in [0.15, 0.2) is 18.2 Å². The lowest BCUT2D eigenvalue weighted by Gasteiger charge is -2.16. The Hall–Kier alpha value is -0.240. The third-order valence-electron chi connectivity index (χ3n) is 4.05. The van der Waals surface area contributed by atoms with Gasteiger partial charge in [-0.2, -0.15) is 0 Å². The fourth-order valence-electron chi connectivity index (χ4n) is 3.19. The number of rotatable bonds is 1. The summed E-state index contributed by atoms with van der Waals surface area (Å²) >= 11 is 11.9. The van der Waals surface area contributed by atoms with Gasteiger partial charge in [0, 0.05) is 5.54 Å². The molecule has 0 amide bonds. The van der Waals surface area contributed by atoms with Gasteiger partial charge in [0.1, 0.15) is 0 Å². The molecule has 1 aromatic rings. The minimum absolute atomic E-state index is 0.105. The zero-order valence-electron chi connectivity index (χ0n) is 8.34. The first-order valence-electron chi connectivity index (χ1n) is 5.38. The molecule has 0 saturated heterocycles. The van der Waals surface area contributed by atoms with Gasteiger partial charge in [0.05, 0.1) is 10.0 Å². The summed E-state index contributed by atoms with van der Waals surface area (Å²) in [6.07, 6.45) is 3.86. The van der Waals surface area contributed by atoms with Gasteiger partial charge >= 0.3 is 0 Å². The van der Waals surface area contributed by atoms with Crippen LogP contribution in [-0.2, 0) is 5.54 Å². The summed E-state index contributed by atoms with van der Waals surface area (Å²) in [5.74, 6) is 1.35. The van der Waals surface area contributed by atoms with Crippen LogP contribution in [-0.4, -0.2) is 0 Å². The average Bonchev–Trinajstić information content (AvgIpc) is 2.66. The average molecular weight is 242 g/mol. The van der Waals surface area contributed by atoms with Gasteiger partial charge in [-0.3, -0.25) is 0 Å². The van der Waals surface area contributed by atoms with Crippen LogP contribution in [0, 0.1) is 11.8 Å². The first kappa shape index (κ1) is 9.95. The summed E-state index contributed by atoms with van der Waals surface area (Å²) in [7, 11) is 0. The van der Waals surface area contributed by atoms with E-state index in [4.69, 9.17) is 28.9 Å². The normalized spacial score (nSPS) is 37.8. The van der Waals surface area contributed by atoms with E-state index in [1.807, 2.05) is 18.2 Å². The van der Waals surface area contributed by atoms with Crippen LogP contribution in [0.2, 0.25) is 10.0 Å². The largest absolute Gasteiger partial charge is 0.321 e. The second-order valence-corrected chi connectivity index (χ2v) is 5.52. The summed E-state index contributed by atoms with van der Waals surface area (Å²) in [5, 5.41) is 1.22. The van der Waals surface area contributed by atoms with Crippen molar-refractivity contribution in [1.82, 2.24) is 0 Å². The highest BCUT2D eigenvalue weighted by atomic mass is 35.5. The van der Waals surface area contributed by atoms with Crippen molar-refractivity contribution < 1.29 is 0 Å². The number of hydrogen-bond donors (Lipinski definition) is 1. The molecule has 0 aromatic heterocycles. The van der Waals surface area contributed by atoms with Crippen molar-refractivity contribution in [3.63, 3.8) is 0 Å². The quantitative estimate of drug-likeness (QED) is 0.800. The van der Waals surface area contributed by atoms with Gasteiger partial charge in [0.2, 0.25) is 0 Å². The Morgan fingerprint density at radius 2 is 1.80 bits per heavy atom. The Bertz CT molecular complexity index is 406. The van der Waals surface area contributed by atoms with Gasteiger partial charge in [0.15, 0.2) is 0 Å². The first-order valence-corrected chi connectivity index (χ1v) is 6.14. The molecule has 0 heterocycles. The topological polar surface area (TPSA) is 26.0 Å². The van der Waals surface area contributed by atoms with Crippen molar-refractivity contribution in [3.05, 3.63) is 33.8 Å². The molecule has 2 unspecified atom stereocenters. The van der Waals surface area contributed by atoms with Crippen molar-refractivity contribution in [3.8, 4) is 0 Å². The van der Waals surface area contributed by atoms with Gasteiger partial charge in [-0.15, -0.1) is 0 Å². The lowest BCUT2D eigenvalue weighted by molar-refractivity contribution is 0.527. The monoisotopic (exact) mass is 241 g/mol. The van der Waals surface area contributed by atoms with Crippen LogP contribution in [0.4, 0.5) is 0 Å². The number of halogens is 2. The van der Waals surface area contributed by atoms with E-state index < -0.39 is 0 Å². The molecule has 0 spiro atoms. The van der Waals surface area contributed by atoms with Crippen LogP contribution in [0.25, 0.3) is 0 Å². The van der Waals surface area contributed by atoms with Crippen LogP contribution in [0.5, 0.6) is 0 Å². The van der Waals surface area contributed by atoms with Crippen molar-refractivity contribution in [2.75, 3.05) is 0 Å². The smallest absolute Gasteiger partial charge is 0.0595 e. The van der Waals surface area contributed by atoms with Crippen LogP contribution in [0.1, 0.15) is 24.8 Å². The van der Waals surface area contributed by atoms with Crippen molar-refractivity contribution >= 4 is 23.2 Å². The Labute approximate surface area is 99.6 Å². The molecule has 1 nitrogen and oxygen atoms in total. The minimum Gasteiger partial charge on any atom is -0.321 e. The van der Waals surface area contributed by atoms with Crippen LogP contribution in [0.3, 0.4) is 0 Å². The maximum atomic E-state index is 6.43. The lowest BCUT2D eigenvalue weighted by atomic mass is 9.97. The van der Waals surface area contributed by atoms with Crippen LogP contribution >= 0.6 is 23.2 Å². The molecule has 2 N–H and O–H groups in total. The number of hydrogen-bond acceptors (Lipinski definition) is 1. The zero-order valence-corrected chi connectivity index (χ0v) is 9.85. The third kappa shape index (κ3) is 1.27. The van der Waals surface area contributed by atoms with Crippen LogP contribution < -0.4 is 5.73 Å². The summed E-state index contributed by atoms with van der Waals surface area (Å²) in [6, 6.07) is 5.80. The molecular formula is C12H13Cl2N. The second kappa shape index (κ2) is 3.13. The summed E-state index contributed by atoms with van der Waals surface area (Å²) in [6.45, 7) is 0. The molecule has 2 aliphatic rings. The maximum Gasteiger partial charge on any atom is 0.0595 e. The van der Waals surface area contributed by atoms with E-state index in [2.05, 4.69) is 0 Å². The van der Waals surface area contributed by atoms with Crippen molar-refractivity contribution in [2.45, 2.75) is 24.8 Å². The highest BCUT2D eigenvalue weighted by Gasteiger charge is 2.64. The van der Waals surface area contributed by atoms with E-state index in [9.17, 15) is 0 Å². The molecule has 0 bridgehead atoms. The zero-order chi connectivity index (χ0) is 10.6. The predicted molar refractivity (Wildman–Crippen MR) is 63.2 cm³/mol. The SMILES string of the molecule is NC1(c2ccc(Cl)c(Cl)c2)C2CCCC21. The molecule has 3 rings (SSSR count). The molecule has 2 fully saturated rings. The molecule has 2 aliphatic carbocycles. The Balaban J connectivity index is 1.97. The lowest BCUT2D eigenvalue weighted by Crippen LogP contribution is -2.25. The van der Waals surface area contributed by atoms with Gasteiger partial charge < -0.3 is 5.73 Å². The number of nitrogens with two attached hydrogens (primary N) is 1. The van der Waals surface area contributed by atoms with E-state index >= 15 is 0 Å².